The highest BCUT2D eigenvalue weighted by atomic mass is 16.3. The number of rotatable bonds is 6. The maximum atomic E-state index is 5.61. The van der Waals surface area contributed by atoms with Gasteiger partial charge in [0.2, 0.25) is 0 Å². The van der Waals surface area contributed by atoms with E-state index in [0.29, 0.717) is 6.54 Å². The number of hydrogen-bond donors (Lipinski definition) is 1. The fourth-order valence-corrected chi connectivity index (χ4v) is 2.00. The van der Waals surface area contributed by atoms with Crippen LogP contribution in [0, 0.1) is 6.92 Å². The second kappa shape index (κ2) is 6.26. The Hall–Kier alpha value is -1.74. The zero-order valence-corrected chi connectivity index (χ0v) is 10.8. The van der Waals surface area contributed by atoms with Crippen LogP contribution in [0.15, 0.2) is 47.1 Å². The Morgan fingerprint density at radius 3 is 2.78 bits per heavy atom. The maximum absolute atomic E-state index is 5.61. The van der Waals surface area contributed by atoms with Crippen LogP contribution in [0.1, 0.15) is 17.7 Å². The fraction of sp³-hybridized carbons (Fsp3) is 0.333. The molecule has 0 saturated heterocycles. The minimum atomic E-state index is 0.709. The summed E-state index contributed by atoms with van der Waals surface area (Å²) in [5.41, 5.74) is 8.10. The number of furan rings is 1. The van der Waals surface area contributed by atoms with Gasteiger partial charge in [-0.15, -0.1) is 0 Å². The van der Waals surface area contributed by atoms with E-state index in [1.165, 1.54) is 11.3 Å². The molecule has 0 aliphatic rings. The van der Waals surface area contributed by atoms with Crippen LogP contribution < -0.4 is 10.6 Å². The Morgan fingerprint density at radius 2 is 2.11 bits per heavy atom. The van der Waals surface area contributed by atoms with Crippen LogP contribution in [-0.4, -0.2) is 13.1 Å². The summed E-state index contributed by atoms with van der Waals surface area (Å²) in [6.07, 6.45) is 2.70. The van der Waals surface area contributed by atoms with Crippen LogP contribution >= 0.6 is 0 Å². The van der Waals surface area contributed by atoms with Crippen molar-refractivity contribution < 1.29 is 4.42 Å². The lowest BCUT2D eigenvalue weighted by molar-refractivity contribution is 0.501. The molecule has 0 saturated carbocycles. The van der Waals surface area contributed by atoms with Crippen molar-refractivity contribution >= 4 is 5.69 Å². The average molecular weight is 244 g/mol. The smallest absolute Gasteiger partial charge is 0.123 e. The Morgan fingerprint density at radius 1 is 1.22 bits per heavy atom. The summed E-state index contributed by atoms with van der Waals surface area (Å²) >= 11 is 0. The predicted octanol–water partition coefficient (Wildman–Crippen LogP) is 2.94. The summed E-state index contributed by atoms with van der Waals surface area (Å²) in [5, 5.41) is 0. The van der Waals surface area contributed by atoms with Crippen LogP contribution in [-0.2, 0) is 6.54 Å². The summed E-state index contributed by atoms with van der Waals surface area (Å²) in [7, 11) is 0. The van der Waals surface area contributed by atoms with E-state index in [2.05, 4.69) is 36.1 Å². The van der Waals surface area contributed by atoms with Crippen molar-refractivity contribution in [1.82, 2.24) is 0 Å². The van der Waals surface area contributed by atoms with E-state index >= 15 is 0 Å². The highest BCUT2D eigenvalue weighted by Crippen LogP contribution is 2.19. The molecule has 2 N–H and O–H groups in total. The zero-order chi connectivity index (χ0) is 12.8. The molecule has 0 fully saturated rings. The van der Waals surface area contributed by atoms with Crippen molar-refractivity contribution in [3.8, 4) is 0 Å². The van der Waals surface area contributed by atoms with Gasteiger partial charge in [-0.3, -0.25) is 0 Å². The van der Waals surface area contributed by atoms with Crippen LogP contribution in [0.5, 0.6) is 0 Å². The Balaban J connectivity index is 2.13. The summed E-state index contributed by atoms with van der Waals surface area (Å²) in [4.78, 5) is 2.30. The van der Waals surface area contributed by atoms with Gasteiger partial charge in [-0.2, -0.15) is 0 Å². The van der Waals surface area contributed by atoms with Gasteiger partial charge in [-0.1, -0.05) is 12.1 Å². The standard InChI is InChI=1S/C15H20N2O/c1-13-5-2-6-14(11-13)17(9-4-8-16)12-15-7-3-10-18-15/h2-3,5-7,10-11H,4,8-9,12,16H2,1H3. The molecular formula is C15H20N2O. The normalized spacial score (nSPS) is 10.6. The van der Waals surface area contributed by atoms with Crippen LogP contribution in [0.25, 0.3) is 0 Å². The third-order valence-electron chi connectivity index (χ3n) is 2.93. The first-order chi connectivity index (χ1) is 8.79. The van der Waals surface area contributed by atoms with Gasteiger partial charge in [0.05, 0.1) is 12.8 Å². The van der Waals surface area contributed by atoms with Gasteiger partial charge >= 0.3 is 0 Å². The van der Waals surface area contributed by atoms with Gasteiger partial charge < -0.3 is 15.1 Å². The molecule has 18 heavy (non-hydrogen) atoms. The van der Waals surface area contributed by atoms with E-state index in [9.17, 15) is 0 Å². The molecule has 96 valence electrons. The molecule has 0 spiro atoms. The highest BCUT2D eigenvalue weighted by Gasteiger charge is 2.08. The van der Waals surface area contributed by atoms with Crippen LogP contribution in [0.2, 0.25) is 0 Å². The lowest BCUT2D eigenvalue weighted by Gasteiger charge is -2.24. The Kier molecular flexibility index (Phi) is 4.42. The second-order valence-electron chi connectivity index (χ2n) is 4.48. The lowest BCUT2D eigenvalue weighted by atomic mass is 10.2. The first-order valence-electron chi connectivity index (χ1n) is 6.33. The molecule has 1 aromatic heterocycles. The average Bonchev–Trinajstić information content (AvgIpc) is 2.87. The minimum absolute atomic E-state index is 0.709. The molecule has 3 nitrogen and oxygen atoms in total. The molecule has 1 aromatic carbocycles. The number of anilines is 1. The minimum Gasteiger partial charge on any atom is -0.467 e. The summed E-state index contributed by atoms with van der Waals surface area (Å²) in [6.45, 7) is 4.55. The van der Waals surface area contributed by atoms with E-state index < -0.39 is 0 Å². The van der Waals surface area contributed by atoms with Crippen LogP contribution in [0.3, 0.4) is 0 Å². The SMILES string of the molecule is Cc1cccc(N(CCCN)Cc2ccco2)c1. The molecule has 0 aliphatic heterocycles. The molecule has 1 heterocycles. The molecule has 0 aliphatic carbocycles. The molecule has 0 bridgehead atoms. The number of aryl methyl sites for hydroxylation is 1. The second-order valence-corrected chi connectivity index (χ2v) is 4.48. The lowest BCUT2D eigenvalue weighted by Crippen LogP contribution is -2.25. The van der Waals surface area contributed by atoms with Crippen molar-refractivity contribution in [2.75, 3.05) is 18.0 Å². The topological polar surface area (TPSA) is 42.4 Å². The predicted molar refractivity (Wildman–Crippen MR) is 74.6 cm³/mol. The summed E-state index contributed by atoms with van der Waals surface area (Å²) in [6, 6.07) is 12.4. The Bertz CT molecular complexity index is 465. The zero-order valence-electron chi connectivity index (χ0n) is 10.8. The summed E-state index contributed by atoms with van der Waals surface area (Å²) in [5.74, 6) is 0.980. The third-order valence-corrected chi connectivity index (χ3v) is 2.93. The molecule has 0 radical (unpaired) electrons. The monoisotopic (exact) mass is 244 g/mol. The van der Waals surface area contributed by atoms with E-state index in [4.69, 9.17) is 10.2 Å². The number of hydrogen-bond acceptors (Lipinski definition) is 3. The van der Waals surface area contributed by atoms with E-state index in [0.717, 1.165) is 25.3 Å². The van der Waals surface area contributed by atoms with Gasteiger partial charge in [0.1, 0.15) is 5.76 Å². The molecule has 0 unspecified atom stereocenters. The maximum Gasteiger partial charge on any atom is 0.123 e. The fourth-order valence-electron chi connectivity index (χ4n) is 2.00. The first-order valence-corrected chi connectivity index (χ1v) is 6.33. The van der Waals surface area contributed by atoms with Crippen molar-refractivity contribution in [2.24, 2.45) is 5.73 Å². The van der Waals surface area contributed by atoms with Crippen LogP contribution in [0.4, 0.5) is 5.69 Å². The third kappa shape index (κ3) is 3.37. The van der Waals surface area contributed by atoms with Gasteiger partial charge in [-0.05, 0) is 49.7 Å². The summed E-state index contributed by atoms with van der Waals surface area (Å²) < 4.78 is 5.42. The van der Waals surface area contributed by atoms with Gasteiger partial charge in [-0.25, -0.2) is 0 Å². The van der Waals surface area contributed by atoms with Crippen molar-refractivity contribution in [2.45, 2.75) is 19.9 Å². The molecule has 0 amide bonds. The molecule has 0 atom stereocenters. The molecule has 3 heteroatoms. The van der Waals surface area contributed by atoms with Gasteiger partial charge in [0.25, 0.3) is 0 Å². The largest absolute Gasteiger partial charge is 0.467 e. The molecule has 2 rings (SSSR count). The van der Waals surface area contributed by atoms with E-state index in [-0.39, 0.29) is 0 Å². The first kappa shape index (κ1) is 12.7. The van der Waals surface area contributed by atoms with E-state index in [1.54, 1.807) is 6.26 Å². The highest BCUT2D eigenvalue weighted by molar-refractivity contribution is 5.48. The van der Waals surface area contributed by atoms with Crippen molar-refractivity contribution in [3.05, 3.63) is 54.0 Å². The number of nitrogens with zero attached hydrogens (tertiary/aromatic N) is 1. The van der Waals surface area contributed by atoms with Gasteiger partial charge in [0, 0.05) is 12.2 Å². The Labute approximate surface area is 108 Å². The van der Waals surface area contributed by atoms with Crippen molar-refractivity contribution in [3.63, 3.8) is 0 Å². The molecule has 2 aromatic rings. The number of benzene rings is 1. The number of nitrogens with two attached hydrogens (primary N) is 1. The molecular weight excluding hydrogens is 224 g/mol. The van der Waals surface area contributed by atoms with E-state index in [1.807, 2.05) is 12.1 Å². The van der Waals surface area contributed by atoms with Crippen molar-refractivity contribution in [1.29, 1.82) is 0 Å². The van der Waals surface area contributed by atoms with Gasteiger partial charge in [0.15, 0.2) is 0 Å². The quantitative estimate of drug-likeness (QED) is 0.849.